The van der Waals surface area contributed by atoms with Gasteiger partial charge in [-0.2, -0.15) is 11.8 Å². The Morgan fingerprint density at radius 1 is 1.31 bits per heavy atom. The first-order chi connectivity index (χ1) is 7.66. The summed E-state index contributed by atoms with van der Waals surface area (Å²) in [4.78, 5) is 2.72. The molecule has 0 aliphatic carbocycles. The smallest absolute Gasteiger partial charge is 0.0432 e. The summed E-state index contributed by atoms with van der Waals surface area (Å²) in [5, 5.41) is 0.796. The molecular formula is C13H26N2S. The molecule has 0 radical (unpaired) electrons. The maximum Gasteiger partial charge on any atom is 0.0432 e. The molecule has 0 saturated carbocycles. The van der Waals surface area contributed by atoms with Crippen molar-refractivity contribution in [2.75, 3.05) is 25.4 Å². The molecule has 0 aromatic heterocycles. The number of nitrogens with two attached hydrogens (primary N) is 1. The van der Waals surface area contributed by atoms with Crippen molar-refractivity contribution >= 4 is 11.8 Å². The second-order valence-electron chi connectivity index (χ2n) is 5.78. The van der Waals surface area contributed by atoms with Crippen LogP contribution in [0.4, 0.5) is 0 Å². The number of hydrogen-bond donors (Lipinski definition) is 1. The Balaban J connectivity index is 2.03. The van der Waals surface area contributed by atoms with Crippen LogP contribution in [0.5, 0.6) is 0 Å². The van der Waals surface area contributed by atoms with Crippen LogP contribution < -0.4 is 5.73 Å². The molecule has 0 spiro atoms. The summed E-state index contributed by atoms with van der Waals surface area (Å²) in [6.45, 7) is 8.13. The highest BCUT2D eigenvalue weighted by Gasteiger charge is 2.41. The van der Waals surface area contributed by atoms with Crippen molar-refractivity contribution in [2.24, 2.45) is 11.7 Å². The quantitative estimate of drug-likeness (QED) is 0.806. The van der Waals surface area contributed by atoms with Gasteiger partial charge in [0, 0.05) is 23.1 Å². The van der Waals surface area contributed by atoms with E-state index < -0.39 is 0 Å². The van der Waals surface area contributed by atoms with E-state index in [0.29, 0.717) is 5.54 Å². The van der Waals surface area contributed by atoms with Crippen LogP contribution in [-0.2, 0) is 0 Å². The molecule has 0 aromatic carbocycles. The average Bonchev–Trinajstić information content (AvgIpc) is 2.52. The van der Waals surface area contributed by atoms with Crippen molar-refractivity contribution in [2.45, 2.75) is 50.3 Å². The van der Waals surface area contributed by atoms with Crippen LogP contribution >= 0.6 is 11.8 Å². The van der Waals surface area contributed by atoms with Crippen molar-refractivity contribution in [1.82, 2.24) is 4.90 Å². The van der Waals surface area contributed by atoms with Crippen molar-refractivity contribution in [3.05, 3.63) is 0 Å². The Kier molecular flexibility index (Phi) is 4.20. The minimum absolute atomic E-state index is 0.328. The number of nitrogens with zero attached hydrogens (tertiary/aromatic N) is 1. The lowest BCUT2D eigenvalue weighted by molar-refractivity contribution is 0.116. The number of rotatable bonds is 2. The fourth-order valence-electron chi connectivity index (χ4n) is 3.18. The Labute approximate surface area is 104 Å². The second kappa shape index (κ2) is 5.28. The van der Waals surface area contributed by atoms with Crippen LogP contribution in [0.15, 0.2) is 0 Å². The van der Waals surface area contributed by atoms with Gasteiger partial charge in [-0.1, -0.05) is 13.8 Å². The minimum atomic E-state index is 0.328. The van der Waals surface area contributed by atoms with E-state index in [1.165, 1.54) is 44.5 Å². The normalized spacial score (nSPS) is 42.2. The molecule has 3 unspecified atom stereocenters. The molecule has 3 heteroatoms. The zero-order valence-corrected chi connectivity index (χ0v) is 11.6. The number of hydrogen-bond acceptors (Lipinski definition) is 3. The highest BCUT2D eigenvalue weighted by molar-refractivity contribution is 8.00. The highest BCUT2D eigenvalue weighted by Crippen LogP contribution is 2.39. The first-order valence-electron chi connectivity index (χ1n) is 6.73. The van der Waals surface area contributed by atoms with Crippen LogP contribution in [0.1, 0.15) is 39.5 Å². The molecule has 2 aliphatic heterocycles. The van der Waals surface area contributed by atoms with Gasteiger partial charge in [0.2, 0.25) is 0 Å². The van der Waals surface area contributed by atoms with Gasteiger partial charge in [0.25, 0.3) is 0 Å². The third-order valence-corrected chi connectivity index (χ3v) is 5.81. The van der Waals surface area contributed by atoms with Crippen LogP contribution in [-0.4, -0.2) is 41.1 Å². The van der Waals surface area contributed by atoms with Gasteiger partial charge < -0.3 is 5.73 Å². The van der Waals surface area contributed by atoms with Crippen molar-refractivity contribution in [3.8, 4) is 0 Å². The third-order valence-electron chi connectivity index (χ3n) is 4.37. The summed E-state index contributed by atoms with van der Waals surface area (Å²) in [5.41, 5.74) is 6.42. The monoisotopic (exact) mass is 242 g/mol. The van der Waals surface area contributed by atoms with Gasteiger partial charge in [0.05, 0.1) is 0 Å². The summed E-state index contributed by atoms with van der Waals surface area (Å²) in [6.07, 6.45) is 5.42. The minimum Gasteiger partial charge on any atom is -0.329 e. The predicted octanol–water partition coefficient (Wildman–Crippen LogP) is 2.33. The van der Waals surface area contributed by atoms with Crippen molar-refractivity contribution < 1.29 is 0 Å². The second-order valence-corrected chi connectivity index (χ2v) is 7.20. The van der Waals surface area contributed by atoms with E-state index in [0.717, 1.165) is 17.7 Å². The van der Waals surface area contributed by atoms with E-state index in [1.54, 1.807) is 0 Å². The molecule has 3 atom stereocenters. The van der Waals surface area contributed by atoms with Gasteiger partial charge >= 0.3 is 0 Å². The molecule has 2 nitrogen and oxygen atoms in total. The topological polar surface area (TPSA) is 29.3 Å². The Bertz CT molecular complexity index is 234. The first-order valence-corrected chi connectivity index (χ1v) is 7.78. The molecule has 2 heterocycles. The SMILES string of the molecule is CC1CCCN(C2(CN)CSC(C)C2)CC1. The molecule has 0 amide bonds. The lowest BCUT2D eigenvalue weighted by atomic mass is 9.93. The first kappa shape index (κ1) is 12.7. The molecule has 94 valence electrons. The van der Waals surface area contributed by atoms with Crippen LogP contribution in [0, 0.1) is 5.92 Å². The average molecular weight is 242 g/mol. The van der Waals surface area contributed by atoms with Crippen LogP contribution in [0.3, 0.4) is 0 Å². The van der Waals surface area contributed by atoms with E-state index in [9.17, 15) is 0 Å². The van der Waals surface area contributed by atoms with Crippen molar-refractivity contribution in [3.63, 3.8) is 0 Å². The summed E-state index contributed by atoms with van der Waals surface area (Å²) < 4.78 is 0. The zero-order valence-electron chi connectivity index (χ0n) is 10.7. The fraction of sp³-hybridized carbons (Fsp3) is 1.00. The molecule has 2 N–H and O–H groups in total. The van der Waals surface area contributed by atoms with Crippen LogP contribution in [0.25, 0.3) is 0 Å². The molecular weight excluding hydrogens is 216 g/mol. The van der Waals surface area contributed by atoms with Crippen LogP contribution in [0.2, 0.25) is 0 Å². The summed E-state index contributed by atoms with van der Waals surface area (Å²) in [6, 6.07) is 0. The van der Waals surface area contributed by atoms with E-state index in [4.69, 9.17) is 5.73 Å². The van der Waals surface area contributed by atoms with E-state index in [2.05, 4.69) is 30.5 Å². The summed E-state index contributed by atoms with van der Waals surface area (Å²) in [7, 11) is 0. The van der Waals surface area contributed by atoms with Gasteiger partial charge in [-0.05, 0) is 44.7 Å². The third kappa shape index (κ3) is 2.57. The summed E-state index contributed by atoms with van der Waals surface area (Å²) in [5.74, 6) is 2.16. The largest absolute Gasteiger partial charge is 0.329 e. The van der Waals surface area contributed by atoms with Gasteiger partial charge in [0.15, 0.2) is 0 Å². The standard InChI is InChI=1S/C13H26N2S/c1-11-4-3-6-15(7-5-11)13(9-14)8-12(2)16-10-13/h11-12H,3-10,14H2,1-2H3. The molecule has 0 aromatic rings. The Morgan fingerprint density at radius 3 is 2.75 bits per heavy atom. The van der Waals surface area contributed by atoms with Gasteiger partial charge in [-0.25, -0.2) is 0 Å². The molecule has 0 bridgehead atoms. The highest BCUT2D eigenvalue weighted by atomic mass is 32.2. The molecule has 2 saturated heterocycles. The van der Waals surface area contributed by atoms with Crippen molar-refractivity contribution in [1.29, 1.82) is 0 Å². The van der Waals surface area contributed by atoms with Gasteiger partial charge in [0.1, 0.15) is 0 Å². The molecule has 2 aliphatic rings. The van der Waals surface area contributed by atoms with E-state index >= 15 is 0 Å². The molecule has 16 heavy (non-hydrogen) atoms. The van der Waals surface area contributed by atoms with Gasteiger partial charge in [-0.3, -0.25) is 4.90 Å². The Hall–Kier alpha value is 0.270. The number of thioether (sulfide) groups is 1. The Morgan fingerprint density at radius 2 is 2.12 bits per heavy atom. The maximum absolute atomic E-state index is 6.09. The van der Waals surface area contributed by atoms with E-state index in [-0.39, 0.29) is 0 Å². The predicted molar refractivity (Wildman–Crippen MR) is 72.9 cm³/mol. The maximum atomic E-state index is 6.09. The summed E-state index contributed by atoms with van der Waals surface area (Å²) >= 11 is 2.11. The fourth-order valence-corrected chi connectivity index (χ4v) is 4.62. The number of likely N-dealkylation sites (tertiary alicyclic amines) is 1. The molecule has 2 rings (SSSR count). The molecule has 2 fully saturated rings. The lowest BCUT2D eigenvalue weighted by Crippen LogP contribution is -2.54. The zero-order chi connectivity index (χ0) is 11.6. The lowest BCUT2D eigenvalue weighted by Gasteiger charge is -2.40. The van der Waals surface area contributed by atoms with E-state index in [1.807, 2.05) is 0 Å². The van der Waals surface area contributed by atoms with Gasteiger partial charge in [-0.15, -0.1) is 0 Å².